The number of likely N-dealkylation sites (N-methyl/N-ethyl adjacent to an activating group) is 1. The van der Waals surface area contributed by atoms with Crippen molar-refractivity contribution >= 4 is 11.6 Å². The Morgan fingerprint density at radius 1 is 1.10 bits per heavy atom. The summed E-state index contributed by atoms with van der Waals surface area (Å²) in [5, 5.41) is 3.47. The lowest BCUT2D eigenvalue weighted by molar-refractivity contribution is 0.504. The molecule has 0 aliphatic rings. The van der Waals surface area contributed by atoms with E-state index in [2.05, 4.69) is 36.5 Å². The third-order valence-corrected chi connectivity index (χ3v) is 4.22. The molecule has 3 heteroatoms. The first-order chi connectivity index (χ1) is 10.1. The highest BCUT2D eigenvalue weighted by atomic mass is 35.5. The van der Waals surface area contributed by atoms with Crippen molar-refractivity contribution in [1.82, 2.24) is 5.32 Å². The van der Waals surface area contributed by atoms with E-state index < -0.39 is 0 Å². The summed E-state index contributed by atoms with van der Waals surface area (Å²) < 4.78 is 14.0. The highest BCUT2D eigenvalue weighted by Crippen LogP contribution is 2.20. The lowest BCUT2D eigenvalue weighted by Crippen LogP contribution is -2.28. The van der Waals surface area contributed by atoms with Crippen molar-refractivity contribution in [3.63, 3.8) is 0 Å². The molecule has 0 saturated heterocycles. The third-order valence-electron chi connectivity index (χ3n) is 3.93. The summed E-state index contributed by atoms with van der Waals surface area (Å²) in [6.45, 7) is 2.13. The van der Waals surface area contributed by atoms with Gasteiger partial charge in [-0.2, -0.15) is 0 Å². The van der Waals surface area contributed by atoms with Crippen molar-refractivity contribution in [3.8, 4) is 0 Å². The van der Waals surface area contributed by atoms with Crippen LogP contribution in [0.5, 0.6) is 0 Å². The zero-order chi connectivity index (χ0) is 15.2. The van der Waals surface area contributed by atoms with E-state index in [0.717, 1.165) is 12.8 Å². The quantitative estimate of drug-likeness (QED) is 0.825. The molecule has 0 saturated carbocycles. The fourth-order valence-electron chi connectivity index (χ4n) is 2.54. The van der Waals surface area contributed by atoms with Crippen LogP contribution >= 0.6 is 11.6 Å². The number of rotatable bonds is 6. The molecule has 0 aliphatic carbocycles. The van der Waals surface area contributed by atoms with Gasteiger partial charge in [0.25, 0.3) is 0 Å². The minimum atomic E-state index is -0.296. The number of benzene rings is 2. The van der Waals surface area contributed by atoms with Gasteiger partial charge in [-0.25, -0.2) is 4.39 Å². The molecule has 0 spiro atoms. The monoisotopic (exact) mass is 305 g/mol. The van der Waals surface area contributed by atoms with Crippen LogP contribution in [0.25, 0.3) is 0 Å². The minimum Gasteiger partial charge on any atom is -0.317 e. The van der Waals surface area contributed by atoms with E-state index in [9.17, 15) is 4.39 Å². The highest BCUT2D eigenvalue weighted by Gasteiger charge is 2.13. The molecule has 21 heavy (non-hydrogen) atoms. The molecule has 1 nitrogen and oxygen atoms in total. The van der Waals surface area contributed by atoms with Crippen molar-refractivity contribution in [2.75, 3.05) is 7.05 Å². The lowest BCUT2D eigenvalue weighted by Gasteiger charge is -2.17. The van der Waals surface area contributed by atoms with Crippen LogP contribution in [0, 0.1) is 12.7 Å². The summed E-state index contributed by atoms with van der Waals surface area (Å²) in [6, 6.07) is 13.8. The molecule has 1 atom stereocenters. The van der Waals surface area contributed by atoms with Crippen molar-refractivity contribution in [2.45, 2.75) is 32.2 Å². The standard InChI is InChI=1S/C18H21ClFN/c1-13-6-3-4-7-14(13)10-11-16(21-2)12-15-8-5-9-17(19)18(15)20/h3-9,16,21H,10-12H2,1-2H3. The largest absolute Gasteiger partial charge is 0.317 e. The lowest BCUT2D eigenvalue weighted by atomic mass is 9.97. The maximum absolute atomic E-state index is 14.0. The Morgan fingerprint density at radius 3 is 2.52 bits per heavy atom. The number of halogens is 2. The van der Waals surface area contributed by atoms with E-state index >= 15 is 0 Å². The second kappa shape index (κ2) is 7.58. The van der Waals surface area contributed by atoms with Crippen LogP contribution in [0.2, 0.25) is 5.02 Å². The highest BCUT2D eigenvalue weighted by molar-refractivity contribution is 6.30. The van der Waals surface area contributed by atoms with Crippen molar-refractivity contribution in [1.29, 1.82) is 0 Å². The third kappa shape index (κ3) is 4.29. The maximum atomic E-state index is 14.0. The van der Waals surface area contributed by atoms with Gasteiger partial charge in [-0.3, -0.25) is 0 Å². The number of aryl methyl sites for hydroxylation is 2. The average Bonchev–Trinajstić information content (AvgIpc) is 2.49. The van der Waals surface area contributed by atoms with E-state index in [1.54, 1.807) is 18.2 Å². The van der Waals surface area contributed by atoms with Gasteiger partial charge in [-0.05, 0) is 56.0 Å². The summed E-state index contributed by atoms with van der Waals surface area (Å²) in [4.78, 5) is 0. The van der Waals surface area contributed by atoms with Crippen LogP contribution in [0.15, 0.2) is 42.5 Å². The van der Waals surface area contributed by atoms with Crippen molar-refractivity contribution < 1.29 is 4.39 Å². The Balaban J connectivity index is 2.01. The number of hydrogen-bond donors (Lipinski definition) is 1. The Bertz CT molecular complexity index is 598. The Labute approximate surface area is 131 Å². The zero-order valence-electron chi connectivity index (χ0n) is 12.5. The molecule has 0 amide bonds. The first-order valence-electron chi connectivity index (χ1n) is 7.26. The molecule has 0 aliphatic heterocycles. The maximum Gasteiger partial charge on any atom is 0.145 e. The topological polar surface area (TPSA) is 12.0 Å². The van der Waals surface area contributed by atoms with Gasteiger partial charge >= 0.3 is 0 Å². The molecule has 2 aromatic carbocycles. The summed E-state index contributed by atoms with van der Waals surface area (Å²) >= 11 is 5.84. The smallest absolute Gasteiger partial charge is 0.145 e. The molecular formula is C18H21ClFN. The van der Waals surface area contributed by atoms with Crippen molar-refractivity contribution in [3.05, 3.63) is 70.0 Å². The normalized spacial score (nSPS) is 12.4. The van der Waals surface area contributed by atoms with E-state index in [1.165, 1.54) is 11.1 Å². The Morgan fingerprint density at radius 2 is 1.81 bits per heavy atom. The summed E-state index contributed by atoms with van der Waals surface area (Å²) in [5.41, 5.74) is 3.33. The van der Waals surface area contributed by atoms with Gasteiger partial charge in [0.2, 0.25) is 0 Å². The van der Waals surface area contributed by atoms with Crippen LogP contribution in [0.3, 0.4) is 0 Å². The fourth-order valence-corrected chi connectivity index (χ4v) is 2.73. The zero-order valence-corrected chi connectivity index (χ0v) is 13.3. The van der Waals surface area contributed by atoms with Crippen LogP contribution in [-0.4, -0.2) is 13.1 Å². The molecule has 0 bridgehead atoms. The summed E-state index contributed by atoms with van der Waals surface area (Å²) in [5.74, 6) is -0.296. The minimum absolute atomic E-state index is 0.196. The van der Waals surface area contributed by atoms with Gasteiger partial charge in [-0.1, -0.05) is 48.0 Å². The molecule has 112 valence electrons. The van der Waals surface area contributed by atoms with Gasteiger partial charge in [0.15, 0.2) is 0 Å². The van der Waals surface area contributed by atoms with Gasteiger partial charge in [-0.15, -0.1) is 0 Å². The van der Waals surface area contributed by atoms with Crippen LogP contribution in [0.1, 0.15) is 23.1 Å². The first-order valence-corrected chi connectivity index (χ1v) is 7.64. The van der Waals surface area contributed by atoms with Gasteiger partial charge < -0.3 is 5.32 Å². The van der Waals surface area contributed by atoms with Crippen LogP contribution < -0.4 is 5.32 Å². The van der Waals surface area contributed by atoms with Gasteiger partial charge in [0, 0.05) is 6.04 Å². The summed E-state index contributed by atoms with van der Waals surface area (Å²) in [6.07, 6.45) is 2.60. The number of hydrogen-bond acceptors (Lipinski definition) is 1. The van der Waals surface area contributed by atoms with E-state index in [0.29, 0.717) is 12.0 Å². The molecule has 0 radical (unpaired) electrons. The Hall–Kier alpha value is -1.38. The molecular weight excluding hydrogens is 285 g/mol. The summed E-state index contributed by atoms with van der Waals surface area (Å²) in [7, 11) is 1.92. The van der Waals surface area contributed by atoms with Crippen molar-refractivity contribution in [2.24, 2.45) is 0 Å². The van der Waals surface area contributed by atoms with Crippen LogP contribution in [0.4, 0.5) is 4.39 Å². The molecule has 0 heterocycles. The molecule has 1 N–H and O–H groups in total. The van der Waals surface area contributed by atoms with E-state index in [1.807, 2.05) is 7.05 Å². The predicted octanol–water partition coefficient (Wildman–Crippen LogP) is 4.55. The molecule has 1 unspecified atom stereocenters. The first kappa shape index (κ1) is 16.0. The van der Waals surface area contributed by atoms with Gasteiger partial charge in [0.1, 0.15) is 5.82 Å². The van der Waals surface area contributed by atoms with E-state index in [4.69, 9.17) is 11.6 Å². The number of nitrogens with one attached hydrogen (secondary N) is 1. The molecule has 0 aromatic heterocycles. The predicted molar refractivity (Wildman–Crippen MR) is 87.5 cm³/mol. The average molecular weight is 306 g/mol. The SMILES string of the molecule is CNC(CCc1ccccc1C)Cc1cccc(Cl)c1F. The molecule has 2 rings (SSSR count). The van der Waals surface area contributed by atoms with E-state index in [-0.39, 0.29) is 16.9 Å². The Kier molecular flexibility index (Phi) is 5.77. The molecule has 2 aromatic rings. The van der Waals surface area contributed by atoms with Crippen LogP contribution in [-0.2, 0) is 12.8 Å². The second-order valence-corrected chi connectivity index (χ2v) is 5.78. The fraction of sp³-hybridized carbons (Fsp3) is 0.333. The second-order valence-electron chi connectivity index (χ2n) is 5.37. The van der Waals surface area contributed by atoms with Gasteiger partial charge in [0.05, 0.1) is 5.02 Å². The molecule has 0 fully saturated rings.